The van der Waals surface area contributed by atoms with Crippen LogP contribution < -0.4 is 11.1 Å². The molecule has 1 aliphatic carbocycles. The van der Waals surface area contributed by atoms with Crippen LogP contribution in [-0.4, -0.2) is 55.1 Å². The summed E-state index contributed by atoms with van der Waals surface area (Å²) in [6.45, 7) is 4.68. The number of likely N-dealkylation sites (tertiary alicyclic amines) is 1. The highest BCUT2D eigenvalue weighted by Crippen LogP contribution is 2.31. The molecule has 1 saturated carbocycles. The molecule has 108 valence electrons. The Morgan fingerprint density at radius 3 is 2.79 bits per heavy atom. The van der Waals surface area contributed by atoms with Crippen LogP contribution in [0.25, 0.3) is 0 Å². The molecule has 2 fully saturated rings. The van der Waals surface area contributed by atoms with Crippen molar-refractivity contribution in [1.82, 2.24) is 10.2 Å². The van der Waals surface area contributed by atoms with Crippen LogP contribution in [0.5, 0.6) is 0 Å². The number of rotatable bonds is 6. The lowest BCUT2D eigenvalue weighted by Crippen LogP contribution is -2.48. The largest absolute Gasteiger partial charge is 0.464 e. The maximum Gasteiger partial charge on any atom is 0.332 e. The molecule has 1 heterocycles. The van der Waals surface area contributed by atoms with Crippen molar-refractivity contribution in [2.24, 2.45) is 11.7 Å². The predicted octanol–water partition coefficient (Wildman–Crippen LogP) is -0.523. The fourth-order valence-corrected chi connectivity index (χ4v) is 2.49. The summed E-state index contributed by atoms with van der Waals surface area (Å²) >= 11 is 0. The number of esters is 1. The summed E-state index contributed by atoms with van der Waals surface area (Å²) in [5.74, 6) is -0.631. The van der Waals surface area contributed by atoms with Gasteiger partial charge in [0.05, 0.1) is 6.61 Å². The van der Waals surface area contributed by atoms with Gasteiger partial charge in [-0.3, -0.25) is 4.79 Å². The predicted molar refractivity (Wildman–Crippen MR) is 70.3 cm³/mol. The van der Waals surface area contributed by atoms with E-state index in [0.29, 0.717) is 12.5 Å². The van der Waals surface area contributed by atoms with Crippen molar-refractivity contribution in [3.63, 3.8) is 0 Å². The van der Waals surface area contributed by atoms with Gasteiger partial charge in [0, 0.05) is 19.1 Å². The SMILES string of the molecule is CCOC(=O)C(N)C(=O)NCC1CCN(C2CC2)C1. The number of ether oxygens (including phenoxy) is 1. The molecule has 2 rings (SSSR count). The molecule has 0 aromatic rings. The molecule has 2 aliphatic rings. The Morgan fingerprint density at radius 2 is 2.16 bits per heavy atom. The van der Waals surface area contributed by atoms with Gasteiger partial charge in [-0.05, 0) is 38.6 Å². The van der Waals surface area contributed by atoms with Gasteiger partial charge in [0.25, 0.3) is 0 Å². The Bertz CT molecular complexity index is 344. The number of hydrogen-bond donors (Lipinski definition) is 2. The second-order valence-corrected chi connectivity index (χ2v) is 5.36. The molecule has 3 N–H and O–H groups in total. The average molecular weight is 269 g/mol. The topological polar surface area (TPSA) is 84.7 Å². The van der Waals surface area contributed by atoms with Crippen molar-refractivity contribution in [3.8, 4) is 0 Å². The maximum absolute atomic E-state index is 11.7. The van der Waals surface area contributed by atoms with Crippen LogP contribution in [0.3, 0.4) is 0 Å². The van der Waals surface area contributed by atoms with Crippen molar-refractivity contribution >= 4 is 11.9 Å². The molecule has 0 aromatic heterocycles. The van der Waals surface area contributed by atoms with E-state index < -0.39 is 17.9 Å². The van der Waals surface area contributed by atoms with Crippen molar-refractivity contribution in [3.05, 3.63) is 0 Å². The minimum absolute atomic E-state index is 0.235. The van der Waals surface area contributed by atoms with E-state index in [9.17, 15) is 9.59 Å². The zero-order valence-corrected chi connectivity index (χ0v) is 11.4. The number of hydrogen-bond acceptors (Lipinski definition) is 5. The standard InChI is InChI=1S/C13H23N3O3/c1-2-19-13(18)11(14)12(17)15-7-9-5-6-16(8-9)10-3-4-10/h9-11H,2-8,14H2,1H3,(H,15,17). The highest BCUT2D eigenvalue weighted by molar-refractivity contribution is 6.01. The second-order valence-electron chi connectivity index (χ2n) is 5.36. The summed E-state index contributed by atoms with van der Waals surface area (Å²) < 4.78 is 4.72. The van der Waals surface area contributed by atoms with Crippen LogP contribution in [0, 0.1) is 5.92 Å². The van der Waals surface area contributed by atoms with Crippen LogP contribution in [-0.2, 0) is 14.3 Å². The van der Waals surface area contributed by atoms with Crippen LogP contribution >= 0.6 is 0 Å². The Kier molecular flexibility index (Phi) is 4.76. The second kappa shape index (κ2) is 6.34. The molecule has 6 heteroatoms. The van der Waals surface area contributed by atoms with Gasteiger partial charge < -0.3 is 20.7 Å². The average Bonchev–Trinajstić information content (AvgIpc) is 3.15. The molecule has 1 aliphatic heterocycles. The fraction of sp³-hybridized carbons (Fsp3) is 0.846. The molecule has 0 radical (unpaired) electrons. The van der Waals surface area contributed by atoms with Crippen molar-refractivity contribution in [2.45, 2.75) is 38.3 Å². The van der Waals surface area contributed by atoms with Crippen LogP contribution in [0.15, 0.2) is 0 Å². The van der Waals surface area contributed by atoms with Gasteiger partial charge >= 0.3 is 5.97 Å². The highest BCUT2D eigenvalue weighted by Gasteiger charge is 2.34. The number of carbonyl (C=O) groups is 2. The molecule has 1 saturated heterocycles. The summed E-state index contributed by atoms with van der Waals surface area (Å²) in [6.07, 6.45) is 3.73. The fourth-order valence-electron chi connectivity index (χ4n) is 2.49. The number of nitrogens with one attached hydrogen (secondary N) is 1. The first-order valence-corrected chi connectivity index (χ1v) is 7.05. The van der Waals surface area contributed by atoms with Crippen molar-refractivity contribution < 1.29 is 14.3 Å². The van der Waals surface area contributed by atoms with Crippen LogP contribution in [0.2, 0.25) is 0 Å². The van der Waals surface area contributed by atoms with Gasteiger partial charge in [-0.1, -0.05) is 0 Å². The first-order chi connectivity index (χ1) is 9.11. The molecular weight excluding hydrogens is 246 g/mol. The number of carbonyl (C=O) groups excluding carboxylic acids is 2. The van der Waals surface area contributed by atoms with Crippen LogP contribution in [0.4, 0.5) is 0 Å². The lowest BCUT2D eigenvalue weighted by atomic mass is 10.1. The lowest BCUT2D eigenvalue weighted by Gasteiger charge is -2.16. The lowest BCUT2D eigenvalue weighted by molar-refractivity contribution is -0.148. The van der Waals surface area contributed by atoms with Crippen molar-refractivity contribution in [1.29, 1.82) is 0 Å². The van der Waals surface area contributed by atoms with E-state index >= 15 is 0 Å². The van der Waals surface area contributed by atoms with Gasteiger partial charge in [-0.15, -0.1) is 0 Å². The molecular formula is C13H23N3O3. The molecule has 2 unspecified atom stereocenters. The molecule has 0 aromatic carbocycles. The first-order valence-electron chi connectivity index (χ1n) is 7.05. The summed E-state index contributed by atoms with van der Waals surface area (Å²) in [6, 6.07) is -0.427. The van der Waals surface area contributed by atoms with E-state index in [2.05, 4.69) is 10.2 Å². The Labute approximate surface area is 113 Å². The summed E-state index contributed by atoms with van der Waals surface area (Å²) in [7, 11) is 0. The van der Waals surface area contributed by atoms with E-state index in [1.807, 2.05) is 0 Å². The van der Waals surface area contributed by atoms with Crippen LogP contribution in [0.1, 0.15) is 26.2 Å². The summed E-state index contributed by atoms with van der Waals surface area (Å²) in [5.41, 5.74) is 5.52. The van der Waals surface area contributed by atoms with E-state index in [1.54, 1.807) is 6.92 Å². The zero-order chi connectivity index (χ0) is 13.8. The molecule has 1 amide bonds. The number of nitrogens with zero attached hydrogens (tertiary/aromatic N) is 1. The first kappa shape index (κ1) is 14.3. The highest BCUT2D eigenvalue weighted by atomic mass is 16.5. The van der Waals surface area contributed by atoms with E-state index in [-0.39, 0.29) is 6.61 Å². The van der Waals surface area contributed by atoms with E-state index in [1.165, 1.54) is 12.8 Å². The third kappa shape index (κ3) is 3.91. The van der Waals surface area contributed by atoms with Gasteiger partial charge in [0.1, 0.15) is 0 Å². The molecule has 0 spiro atoms. The van der Waals surface area contributed by atoms with Crippen molar-refractivity contribution in [2.75, 3.05) is 26.2 Å². The third-order valence-electron chi connectivity index (χ3n) is 3.77. The number of amides is 1. The van der Waals surface area contributed by atoms with Gasteiger partial charge in [-0.25, -0.2) is 4.79 Å². The summed E-state index contributed by atoms with van der Waals surface area (Å²) in [5, 5.41) is 2.75. The van der Waals surface area contributed by atoms with Gasteiger partial charge in [-0.2, -0.15) is 0 Å². The Hall–Kier alpha value is -1.14. The Morgan fingerprint density at radius 1 is 1.42 bits per heavy atom. The maximum atomic E-state index is 11.7. The minimum atomic E-state index is -1.21. The quantitative estimate of drug-likeness (QED) is 0.500. The van der Waals surface area contributed by atoms with E-state index in [4.69, 9.17) is 10.5 Å². The van der Waals surface area contributed by atoms with Gasteiger partial charge in [0.15, 0.2) is 6.04 Å². The number of nitrogens with two attached hydrogens (primary N) is 1. The molecule has 19 heavy (non-hydrogen) atoms. The minimum Gasteiger partial charge on any atom is -0.464 e. The van der Waals surface area contributed by atoms with E-state index in [0.717, 1.165) is 25.6 Å². The Balaban J connectivity index is 1.67. The molecule has 2 atom stereocenters. The smallest absolute Gasteiger partial charge is 0.332 e. The van der Waals surface area contributed by atoms with Gasteiger partial charge in [0.2, 0.25) is 5.91 Å². The monoisotopic (exact) mass is 269 g/mol. The zero-order valence-electron chi connectivity index (χ0n) is 11.4. The molecule has 0 bridgehead atoms. The molecule has 6 nitrogen and oxygen atoms in total. The normalized spacial score (nSPS) is 25.1. The summed E-state index contributed by atoms with van der Waals surface area (Å²) in [4.78, 5) is 25.5. The third-order valence-corrected chi connectivity index (χ3v) is 3.77.